The Bertz CT molecular complexity index is 686. The van der Waals surface area contributed by atoms with Crippen LogP contribution in [0.4, 0.5) is 13.2 Å². The summed E-state index contributed by atoms with van der Waals surface area (Å²) in [5, 5.41) is 11.0. The SMILES string of the molecule is COCCN1CCOCC2(CCCN(C(=O)c3ccsc3)C2)C1.O=C(O)C(F)(F)F. The monoisotopic (exact) mass is 452 g/mol. The van der Waals surface area contributed by atoms with Gasteiger partial charge in [0.15, 0.2) is 0 Å². The lowest BCUT2D eigenvalue weighted by Crippen LogP contribution is -2.52. The summed E-state index contributed by atoms with van der Waals surface area (Å²) in [5.74, 6) is -2.59. The minimum Gasteiger partial charge on any atom is -0.475 e. The number of ether oxygens (including phenoxy) is 2. The van der Waals surface area contributed by atoms with E-state index < -0.39 is 12.1 Å². The number of likely N-dealkylation sites (tertiary alicyclic amines) is 1. The lowest BCUT2D eigenvalue weighted by Gasteiger charge is -2.43. The number of hydrogen-bond donors (Lipinski definition) is 1. The highest BCUT2D eigenvalue weighted by atomic mass is 32.1. The quantitative estimate of drug-likeness (QED) is 0.757. The van der Waals surface area contributed by atoms with E-state index in [1.54, 1.807) is 18.4 Å². The van der Waals surface area contributed by atoms with Gasteiger partial charge >= 0.3 is 12.1 Å². The predicted molar refractivity (Wildman–Crippen MR) is 105 cm³/mol. The molecule has 3 heterocycles. The zero-order valence-corrected chi connectivity index (χ0v) is 17.6. The molecule has 2 aliphatic rings. The number of aliphatic carboxylic acids is 1. The molecule has 0 saturated carbocycles. The van der Waals surface area contributed by atoms with E-state index in [1.165, 1.54) is 0 Å². The molecule has 30 heavy (non-hydrogen) atoms. The average molecular weight is 452 g/mol. The van der Waals surface area contributed by atoms with Crippen molar-refractivity contribution in [3.63, 3.8) is 0 Å². The van der Waals surface area contributed by atoms with Crippen molar-refractivity contribution in [2.75, 3.05) is 59.7 Å². The van der Waals surface area contributed by atoms with Crippen molar-refractivity contribution < 1.29 is 37.3 Å². The number of alkyl halides is 3. The molecule has 1 unspecified atom stereocenters. The van der Waals surface area contributed by atoms with Crippen molar-refractivity contribution in [1.82, 2.24) is 9.80 Å². The molecular weight excluding hydrogens is 425 g/mol. The summed E-state index contributed by atoms with van der Waals surface area (Å²) >= 11 is 1.58. The van der Waals surface area contributed by atoms with Gasteiger partial charge in [-0.15, -0.1) is 0 Å². The van der Waals surface area contributed by atoms with Gasteiger partial charge in [-0.3, -0.25) is 9.69 Å². The van der Waals surface area contributed by atoms with Gasteiger partial charge in [-0.1, -0.05) is 0 Å². The van der Waals surface area contributed by atoms with Crippen LogP contribution in [0, 0.1) is 5.41 Å². The summed E-state index contributed by atoms with van der Waals surface area (Å²) in [7, 11) is 1.74. The van der Waals surface area contributed by atoms with Crippen molar-refractivity contribution in [1.29, 1.82) is 0 Å². The van der Waals surface area contributed by atoms with Crippen molar-refractivity contribution >= 4 is 23.2 Å². The molecule has 2 fully saturated rings. The highest BCUT2D eigenvalue weighted by Gasteiger charge is 2.40. The molecule has 1 amide bonds. The summed E-state index contributed by atoms with van der Waals surface area (Å²) in [6.45, 7) is 6.79. The molecule has 170 valence electrons. The molecule has 0 aromatic carbocycles. The lowest BCUT2D eigenvalue weighted by atomic mass is 9.80. The number of nitrogens with zero attached hydrogens (tertiary/aromatic N) is 2. The van der Waals surface area contributed by atoms with Gasteiger partial charge in [0.05, 0.1) is 25.4 Å². The predicted octanol–water partition coefficient (Wildman–Crippen LogP) is 2.58. The molecular formula is C19H27F3N2O5S. The first-order valence-corrected chi connectivity index (χ1v) is 10.5. The van der Waals surface area contributed by atoms with E-state index in [4.69, 9.17) is 19.4 Å². The fourth-order valence-corrected chi connectivity index (χ4v) is 4.32. The molecule has 0 bridgehead atoms. The number of carbonyl (C=O) groups is 2. The van der Waals surface area contributed by atoms with Gasteiger partial charge in [0.25, 0.3) is 5.91 Å². The standard InChI is InChI=1S/C17H26N2O3S.C2HF3O2/c1-21-8-6-18-7-9-22-14-17(12-18)4-2-5-19(13-17)16(20)15-3-10-23-11-15;3-2(4,5)1(6)7/h3,10-11H,2,4-9,12-14H2,1H3;(H,6,7). The molecule has 1 N–H and O–H groups in total. The van der Waals surface area contributed by atoms with Crippen LogP contribution >= 0.6 is 11.3 Å². The number of carbonyl (C=O) groups excluding carboxylic acids is 1. The first-order valence-electron chi connectivity index (χ1n) is 9.57. The number of thiophene rings is 1. The number of amides is 1. The van der Waals surface area contributed by atoms with Gasteiger partial charge in [-0.2, -0.15) is 24.5 Å². The Morgan fingerprint density at radius 2 is 2.07 bits per heavy atom. The van der Waals surface area contributed by atoms with Crippen LogP contribution in [0.3, 0.4) is 0 Å². The van der Waals surface area contributed by atoms with Gasteiger partial charge in [0, 0.05) is 50.6 Å². The van der Waals surface area contributed by atoms with Crippen LogP contribution in [0.15, 0.2) is 16.8 Å². The lowest BCUT2D eigenvalue weighted by molar-refractivity contribution is -0.192. The van der Waals surface area contributed by atoms with E-state index >= 15 is 0 Å². The summed E-state index contributed by atoms with van der Waals surface area (Å²) < 4.78 is 42.9. The molecule has 1 atom stereocenters. The zero-order chi connectivity index (χ0) is 22.2. The first-order chi connectivity index (χ1) is 14.2. The van der Waals surface area contributed by atoms with E-state index in [-0.39, 0.29) is 11.3 Å². The second-order valence-corrected chi connectivity index (χ2v) is 8.25. The minimum atomic E-state index is -5.08. The van der Waals surface area contributed by atoms with Crippen LogP contribution in [0.2, 0.25) is 0 Å². The average Bonchev–Trinajstić information content (AvgIpc) is 3.16. The normalized spacial score (nSPS) is 22.9. The van der Waals surface area contributed by atoms with Crippen LogP contribution in [-0.4, -0.2) is 92.6 Å². The Kier molecular flexibility index (Phi) is 9.08. The Hall–Kier alpha value is -1.69. The number of hydrogen-bond acceptors (Lipinski definition) is 6. The van der Waals surface area contributed by atoms with Crippen molar-refractivity contribution in [2.24, 2.45) is 5.41 Å². The molecule has 2 saturated heterocycles. The van der Waals surface area contributed by atoms with Gasteiger partial charge < -0.3 is 19.5 Å². The van der Waals surface area contributed by atoms with Gasteiger partial charge in [0.2, 0.25) is 0 Å². The molecule has 2 aliphatic heterocycles. The molecule has 0 radical (unpaired) electrons. The van der Waals surface area contributed by atoms with E-state index in [1.807, 2.05) is 21.7 Å². The molecule has 1 aromatic heterocycles. The Labute approximate surface area is 177 Å². The van der Waals surface area contributed by atoms with Crippen molar-refractivity contribution in [3.8, 4) is 0 Å². The Morgan fingerprint density at radius 3 is 2.67 bits per heavy atom. The zero-order valence-electron chi connectivity index (χ0n) is 16.8. The van der Waals surface area contributed by atoms with Gasteiger partial charge in [0.1, 0.15) is 0 Å². The van der Waals surface area contributed by atoms with Crippen LogP contribution < -0.4 is 0 Å². The van der Waals surface area contributed by atoms with Crippen molar-refractivity contribution in [3.05, 3.63) is 22.4 Å². The fourth-order valence-electron chi connectivity index (χ4n) is 3.69. The summed E-state index contributed by atoms with van der Waals surface area (Å²) in [4.78, 5) is 26.0. The van der Waals surface area contributed by atoms with Crippen LogP contribution in [-0.2, 0) is 14.3 Å². The maximum Gasteiger partial charge on any atom is 0.490 e. The van der Waals surface area contributed by atoms with E-state index in [0.717, 1.165) is 70.9 Å². The van der Waals surface area contributed by atoms with Crippen LogP contribution in [0.25, 0.3) is 0 Å². The highest BCUT2D eigenvalue weighted by Crippen LogP contribution is 2.33. The van der Waals surface area contributed by atoms with E-state index in [0.29, 0.717) is 0 Å². The number of rotatable bonds is 4. The molecule has 3 rings (SSSR count). The maximum absolute atomic E-state index is 12.7. The van der Waals surface area contributed by atoms with Crippen LogP contribution in [0.1, 0.15) is 23.2 Å². The van der Waals surface area contributed by atoms with Gasteiger partial charge in [-0.05, 0) is 24.3 Å². The second-order valence-electron chi connectivity index (χ2n) is 7.47. The van der Waals surface area contributed by atoms with E-state index in [2.05, 4.69) is 4.90 Å². The Balaban J connectivity index is 0.000000396. The van der Waals surface area contributed by atoms with E-state index in [9.17, 15) is 18.0 Å². The smallest absolute Gasteiger partial charge is 0.475 e. The summed E-state index contributed by atoms with van der Waals surface area (Å²) in [6, 6.07) is 1.92. The number of carboxylic acid groups (broad SMARTS) is 1. The third-order valence-corrected chi connectivity index (χ3v) is 5.77. The number of piperidine rings is 1. The molecule has 1 aromatic rings. The maximum atomic E-state index is 12.7. The number of halogens is 3. The van der Waals surface area contributed by atoms with Crippen molar-refractivity contribution in [2.45, 2.75) is 19.0 Å². The highest BCUT2D eigenvalue weighted by molar-refractivity contribution is 7.08. The molecule has 1 spiro atoms. The largest absolute Gasteiger partial charge is 0.490 e. The number of carboxylic acids is 1. The van der Waals surface area contributed by atoms with Gasteiger partial charge in [-0.25, -0.2) is 4.79 Å². The fraction of sp³-hybridized carbons (Fsp3) is 0.684. The number of methoxy groups -OCH3 is 1. The Morgan fingerprint density at radius 1 is 1.33 bits per heavy atom. The third kappa shape index (κ3) is 7.22. The summed E-state index contributed by atoms with van der Waals surface area (Å²) in [6.07, 6.45) is -2.90. The van der Waals surface area contributed by atoms with Crippen LogP contribution in [0.5, 0.6) is 0 Å². The molecule has 0 aliphatic carbocycles. The second kappa shape index (κ2) is 11.1. The first kappa shape index (κ1) is 24.6. The third-order valence-electron chi connectivity index (χ3n) is 5.09. The minimum absolute atomic E-state index is 0.0637. The molecule has 7 nitrogen and oxygen atoms in total. The molecule has 11 heteroatoms. The summed E-state index contributed by atoms with van der Waals surface area (Å²) in [5.41, 5.74) is 0.881. The topological polar surface area (TPSA) is 79.3 Å².